The molecular weight excluding hydrogens is 216 g/mol. The summed E-state index contributed by atoms with van der Waals surface area (Å²) in [5.74, 6) is -1.90. The van der Waals surface area contributed by atoms with Crippen molar-refractivity contribution in [3.8, 4) is 0 Å². The average molecular weight is 236 g/mol. The number of carboxylic acids is 1. The summed E-state index contributed by atoms with van der Waals surface area (Å²) < 4.78 is 0. The lowest BCUT2D eigenvalue weighted by Gasteiger charge is -2.37. The molecule has 0 heterocycles. The first-order chi connectivity index (χ1) is 7.94. The zero-order valence-corrected chi connectivity index (χ0v) is 10.6. The van der Waals surface area contributed by atoms with Crippen LogP contribution in [0.2, 0.25) is 0 Å². The van der Waals surface area contributed by atoms with Crippen molar-refractivity contribution >= 4 is 5.97 Å². The Morgan fingerprint density at radius 1 is 1.29 bits per heavy atom. The third-order valence-corrected chi connectivity index (χ3v) is 3.35. The van der Waals surface area contributed by atoms with E-state index in [1.807, 2.05) is 32.0 Å². The van der Waals surface area contributed by atoms with Crippen molar-refractivity contribution in [2.24, 2.45) is 11.8 Å². The number of rotatable bonds is 5. The highest BCUT2D eigenvalue weighted by atomic mass is 16.4. The first kappa shape index (κ1) is 13.7. The molecule has 0 bridgehead atoms. The first-order valence-electron chi connectivity index (χ1n) is 5.95. The van der Waals surface area contributed by atoms with Gasteiger partial charge in [0.1, 0.15) is 5.60 Å². The van der Waals surface area contributed by atoms with E-state index in [9.17, 15) is 15.0 Å². The van der Waals surface area contributed by atoms with Crippen molar-refractivity contribution in [1.82, 2.24) is 0 Å². The van der Waals surface area contributed by atoms with E-state index in [1.54, 1.807) is 19.1 Å². The van der Waals surface area contributed by atoms with Gasteiger partial charge in [0.2, 0.25) is 0 Å². The summed E-state index contributed by atoms with van der Waals surface area (Å²) in [4.78, 5) is 11.3. The lowest BCUT2D eigenvalue weighted by molar-refractivity contribution is -0.158. The predicted octanol–water partition coefficient (Wildman–Crippen LogP) is 2.64. The van der Waals surface area contributed by atoms with Gasteiger partial charge in [-0.25, -0.2) is 0 Å². The summed E-state index contributed by atoms with van der Waals surface area (Å²) in [6.07, 6.45) is 0.402. The molecule has 0 amide bonds. The highest BCUT2D eigenvalue weighted by Crippen LogP contribution is 2.38. The molecule has 1 aromatic rings. The summed E-state index contributed by atoms with van der Waals surface area (Å²) >= 11 is 0. The van der Waals surface area contributed by atoms with E-state index in [1.165, 1.54) is 0 Å². The Bertz CT molecular complexity index is 372. The van der Waals surface area contributed by atoms with Gasteiger partial charge in [-0.3, -0.25) is 4.79 Å². The number of benzene rings is 1. The number of carboxylic acid groups (broad SMARTS) is 1. The van der Waals surface area contributed by atoms with Gasteiger partial charge in [-0.2, -0.15) is 0 Å². The molecule has 0 radical (unpaired) electrons. The van der Waals surface area contributed by atoms with Crippen molar-refractivity contribution in [1.29, 1.82) is 0 Å². The SMILES string of the molecule is CCC(C(=O)O)C(O)(c1ccccc1)C(C)C. The third kappa shape index (κ3) is 2.50. The second-order valence-corrected chi connectivity index (χ2v) is 4.65. The maximum absolute atomic E-state index is 11.3. The molecule has 2 N–H and O–H groups in total. The first-order valence-corrected chi connectivity index (χ1v) is 5.95. The summed E-state index contributed by atoms with van der Waals surface area (Å²) in [5.41, 5.74) is -0.647. The molecule has 0 aliphatic heterocycles. The van der Waals surface area contributed by atoms with Crippen LogP contribution in [0.15, 0.2) is 30.3 Å². The lowest BCUT2D eigenvalue weighted by Crippen LogP contribution is -2.43. The monoisotopic (exact) mass is 236 g/mol. The minimum Gasteiger partial charge on any atom is -0.481 e. The number of aliphatic hydroxyl groups is 1. The van der Waals surface area contributed by atoms with E-state index in [2.05, 4.69) is 0 Å². The van der Waals surface area contributed by atoms with E-state index in [4.69, 9.17) is 0 Å². The molecular formula is C14H20O3. The van der Waals surface area contributed by atoms with Crippen molar-refractivity contribution in [2.45, 2.75) is 32.8 Å². The van der Waals surface area contributed by atoms with E-state index in [0.29, 0.717) is 12.0 Å². The maximum atomic E-state index is 11.3. The quantitative estimate of drug-likeness (QED) is 0.826. The molecule has 0 saturated heterocycles. The Hall–Kier alpha value is -1.35. The Morgan fingerprint density at radius 3 is 2.18 bits per heavy atom. The average Bonchev–Trinajstić information content (AvgIpc) is 2.30. The lowest BCUT2D eigenvalue weighted by atomic mass is 9.72. The maximum Gasteiger partial charge on any atom is 0.309 e. The van der Waals surface area contributed by atoms with Crippen LogP contribution in [0.4, 0.5) is 0 Å². The Morgan fingerprint density at radius 2 is 1.82 bits per heavy atom. The molecule has 0 spiro atoms. The Balaban J connectivity index is 3.27. The molecule has 0 aliphatic rings. The van der Waals surface area contributed by atoms with Crippen LogP contribution < -0.4 is 0 Å². The van der Waals surface area contributed by atoms with Crippen LogP contribution in [0.5, 0.6) is 0 Å². The molecule has 0 fully saturated rings. The molecule has 3 heteroatoms. The molecule has 94 valence electrons. The van der Waals surface area contributed by atoms with Crippen molar-refractivity contribution in [3.05, 3.63) is 35.9 Å². The van der Waals surface area contributed by atoms with Crippen molar-refractivity contribution in [2.75, 3.05) is 0 Å². The number of hydrogen-bond donors (Lipinski definition) is 2. The van der Waals surface area contributed by atoms with Gasteiger partial charge in [-0.05, 0) is 17.9 Å². The number of hydrogen-bond acceptors (Lipinski definition) is 2. The second kappa shape index (κ2) is 5.32. The van der Waals surface area contributed by atoms with E-state index in [-0.39, 0.29) is 5.92 Å². The molecule has 0 aliphatic carbocycles. The number of aliphatic carboxylic acids is 1. The molecule has 0 aromatic heterocycles. The van der Waals surface area contributed by atoms with Gasteiger partial charge in [0.05, 0.1) is 5.92 Å². The van der Waals surface area contributed by atoms with Crippen LogP contribution in [-0.4, -0.2) is 16.2 Å². The normalized spacial score (nSPS) is 16.5. The minimum absolute atomic E-state index is 0.161. The Labute approximate surface area is 102 Å². The largest absolute Gasteiger partial charge is 0.481 e. The van der Waals surface area contributed by atoms with Gasteiger partial charge in [0.25, 0.3) is 0 Å². The topological polar surface area (TPSA) is 57.5 Å². The fourth-order valence-electron chi connectivity index (χ4n) is 2.32. The van der Waals surface area contributed by atoms with Crippen molar-refractivity contribution in [3.63, 3.8) is 0 Å². The minimum atomic E-state index is -1.32. The van der Waals surface area contributed by atoms with Gasteiger partial charge < -0.3 is 10.2 Å². The van der Waals surface area contributed by atoms with Crippen molar-refractivity contribution < 1.29 is 15.0 Å². The molecule has 2 atom stereocenters. The second-order valence-electron chi connectivity index (χ2n) is 4.65. The summed E-state index contributed by atoms with van der Waals surface area (Å²) in [5, 5.41) is 20.1. The summed E-state index contributed by atoms with van der Waals surface area (Å²) in [6, 6.07) is 9.05. The molecule has 0 saturated carbocycles. The summed E-state index contributed by atoms with van der Waals surface area (Å²) in [6.45, 7) is 5.48. The van der Waals surface area contributed by atoms with E-state index < -0.39 is 17.5 Å². The smallest absolute Gasteiger partial charge is 0.309 e. The van der Waals surface area contributed by atoms with Crippen LogP contribution >= 0.6 is 0 Å². The zero-order chi connectivity index (χ0) is 13.1. The molecule has 3 nitrogen and oxygen atoms in total. The molecule has 1 rings (SSSR count). The fraction of sp³-hybridized carbons (Fsp3) is 0.500. The van der Waals surface area contributed by atoms with Crippen LogP contribution in [-0.2, 0) is 10.4 Å². The van der Waals surface area contributed by atoms with Gasteiger partial charge in [0.15, 0.2) is 0 Å². The van der Waals surface area contributed by atoms with E-state index in [0.717, 1.165) is 0 Å². The molecule has 17 heavy (non-hydrogen) atoms. The van der Waals surface area contributed by atoms with Gasteiger partial charge in [-0.1, -0.05) is 51.1 Å². The highest BCUT2D eigenvalue weighted by molar-refractivity contribution is 5.72. The highest BCUT2D eigenvalue weighted by Gasteiger charge is 2.44. The Kier molecular flexibility index (Phi) is 4.29. The molecule has 2 unspecified atom stereocenters. The van der Waals surface area contributed by atoms with Crippen LogP contribution in [0, 0.1) is 11.8 Å². The van der Waals surface area contributed by atoms with Crippen LogP contribution in [0.1, 0.15) is 32.8 Å². The predicted molar refractivity (Wildman–Crippen MR) is 66.6 cm³/mol. The van der Waals surface area contributed by atoms with Gasteiger partial charge >= 0.3 is 5.97 Å². The summed E-state index contributed by atoms with van der Waals surface area (Å²) in [7, 11) is 0. The van der Waals surface area contributed by atoms with Crippen LogP contribution in [0.3, 0.4) is 0 Å². The van der Waals surface area contributed by atoms with E-state index >= 15 is 0 Å². The standard InChI is InChI=1S/C14H20O3/c1-4-12(13(15)16)14(17,10(2)3)11-8-6-5-7-9-11/h5-10,12,17H,4H2,1-3H3,(H,15,16). The van der Waals surface area contributed by atoms with Gasteiger partial charge in [-0.15, -0.1) is 0 Å². The third-order valence-electron chi connectivity index (χ3n) is 3.35. The zero-order valence-electron chi connectivity index (χ0n) is 10.6. The number of carbonyl (C=O) groups is 1. The fourth-order valence-corrected chi connectivity index (χ4v) is 2.32. The molecule has 1 aromatic carbocycles. The van der Waals surface area contributed by atoms with Crippen LogP contribution in [0.25, 0.3) is 0 Å². The van der Waals surface area contributed by atoms with Gasteiger partial charge in [0, 0.05) is 0 Å².